The van der Waals surface area contributed by atoms with Crippen molar-refractivity contribution in [2.75, 3.05) is 0 Å². The molecule has 0 aromatic heterocycles. The molecule has 0 N–H and O–H groups in total. The first-order valence-electron chi connectivity index (χ1n) is 7.49. The third-order valence-corrected chi connectivity index (χ3v) is 9.27. The zero-order valence-electron chi connectivity index (χ0n) is 12.9. The number of halogens is 1. The SMILES string of the molecule is Cc1cc(C)cc([Si](Cl)(c2ccccc2)c2ccccc2)c1. The summed E-state index contributed by atoms with van der Waals surface area (Å²) in [5.74, 6) is 0. The predicted molar refractivity (Wildman–Crippen MR) is 99.3 cm³/mol. The summed E-state index contributed by atoms with van der Waals surface area (Å²) >= 11 is 7.40. The van der Waals surface area contributed by atoms with Gasteiger partial charge >= 0.3 is 0 Å². The first-order valence-corrected chi connectivity index (χ1v) is 10.5. The molecule has 110 valence electrons. The molecule has 0 saturated carbocycles. The number of benzene rings is 3. The Morgan fingerprint density at radius 2 is 1.00 bits per heavy atom. The summed E-state index contributed by atoms with van der Waals surface area (Å²) < 4.78 is 0. The average Bonchev–Trinajstić information content (AvgIpc) is 2.55. The van der Waals surface area contributed by atoms with E-state index >= 15 is 0 Å². The van der Waals surface area contributed by atoms with Crippen molar-refractivity contribution in [3.63, 3.8) is 0 Å². The molecule has 0 radical (unpaired) electrons. The van der Waals surface area contributed by atoms with Gasteiger partial charge in [0.2, 0.25) is 7.38 Å². The Balaban J connectivity index is 2.28. The highest BCUT2D eigenvalue weighted by atomic mass is 35.6. The van der Waals surface area contributed by atoms with E-state index in [1.165, 1.54) is 26.7 Å². The second-order valence-electron chi connectivity index (χ2n) is 5.77. The van der Waals surface area contributed by atoms with Crippen LogP contribution in [0.25, 0.3) is 0 Å². The molecule has 22 heavy (non-hydrogen) atoms. The average molecular weight is 323 g/mol. The molecule has 0 atom stereocenters. The second-order valence-corrected chi connectivity index (χ2v) is 10.5. The molecule has 0 spiro atoms. The van der Waals surface area contributed by atoms with Crippen LogP contribution in [0.4, 0.5) is 0 Å². The van der Waals surface area contributed by atoms with Crippen molar-refractivity contribution in [3.05, 3.63) is 90.0 Å². The first kappa shape index (κ1) is 15.1. The zero-order chi connectivity index (χ0) is 15.6. The fourth-order valence-corrected chi connectivity index (χ4v) is 7.25. The van der Waals surface area contributed by atoms with E-state index in [2.05, 4.69) is 80.6 Å². The Kier molecular flexibility index (Phi) is 4.19. The molecular formula is C20H19ClSi. The number of hydrogen-bond acceptors (Lipinski definition) is 0. The van der Waals surface area contributed by atoms with Crippen LogP contribution in [0, 0.1) is 13.8 Å². The molecule has 0 heterocycles. The van der Waals surface area contributed by atoms with E-state index in [9.17, 15) is 0 Å². The Hall–Kier alpha value is -1.83. The quantitative estimate of drug-likeness (QED) is 0.393. The highest BCUT2D eigenvalue weighted by Gasteiger charge is 2.37. The second kappa shape index (κ2) is 6.11. The Bertz CT molecular complexity index is 706. The van der Waals surface area contributed by atoms with Gasteiger partial charge in [0.15, 0.2) is 0 Å². The minimum atomic E-state index is -2.47. The lowest BCUT2D eigenvalue weighted by atomic mass is 10.2. The summed E-state index contributed by atoms with van der Waals surface area (Å²) in [6, 6.07) is 27.7. The maximum atomic E-state index is 7.40. The molecule has 0 fully saturated rings. The maximum absolute atomic E-state index is 7.40. The van der Waals surface area contributed by atoms with Crippen LogP contribution in [0.3, 0.4) is 0 Å². The third kappa shape index (κ3) is 2.74. The molecule has 0 bridgehead atoms. The van der Waals surface area contributed by atoms with E-state index in [0.29, 0.717) is 0 Å². The van der Waals surface area contributed by atoms with E-state index < -0.39 is 7.38 Å². The van der Waals surface area contributed by atoms with Gasteiger partial charge in [0.25, 0.3) is 0 Å². The van der Waals surface area contributed by atoms with Crippen molar-refractivity contribution < 1.29 is 0 Å². The molecular weight excluding hydrogens is 304 g/mol. The van der Waals surface area contributed by atoms with E-state index in [1.807, 2.05) is 12.1 Å². The van der Waals surface area contributed by atoms with Gasteiger partial charge in [-0.15, -0.1) is 11.1 Å². The predicted octanol–water partition coefficient (Wildman–Crippen LogP) is 3.51. The molecule has 0 saturated heterocycles. The topological polar surface area (TPSA) is 0 Å². The monoisotopic (exact) mass is 322 g/mol. The molecule has 0 unspecified atom stereocenters. The lowest BCUT2D eigenvalue weighted by Gasteiger charge is -2.27. The van der Waals surface area contributed by atoms with Gasteiger partial charge in [-0.25, -0.2) is 0 Å². The lowest BCUT2D eigenvalue weighted by Crippen LogP contribution is -2.62. The number of hydrogen-bond donors (Lipinski definition) is 0. The van der Waals surface area contributed by atoms with Gasteiger partial charge in [-0.3, -0.25) is 0 Å². The summed E-state index contributed by atoms with van der Waals surface area (Å²) in [6.07, 6.45) is 0. The smallest absolute Gasteiger partial charge is 0.149 e. The van der Waals surface area contributed by atoms with Crippen LogP contribution in [0.2, 0.25) is 0 Å². The van der Waals surface area contributed by atoms with Crippen molar-refractivity contribution in [2.24, 2.45) is 0 Å². The first-order chi connectivity index (χ1) is 10.6. The van der Waals surface area contributed by atoms with Crippen LogP contribution in [-0.4, -0.2) is 7.38 Å². The summed E-state index contributed by atoms with van der Waals surface area (Å²) in [7, 11) is -2.47. The van der Waals surface area contributed by atoms with Crippen LogP contribution in [0.1, 0.15) is 11.1 Å². The van der Waals surface area contributed by atoms with Crippen LogP contribution in [0.5, 0.6) is 0 Å². The highest BCUT2D eigenvalue weighted by molar-refractivity contribution is 7.40. The Labute approximate surface area is 138 Å². The van der Waals surface area contributed by atoms with Crippen molar-refractivity contribution in [2.45, 2.75) is 13.8 Å². The van der Waals surface area contributed by atoms with Gasteiger partial charge in [0.05, 0.1) is 0 Å². The third-order valence-electron chi connectivity index (χ3n) is 3.96. The van der Waals surface area contributed by atoms with E-state index in [1.54, 1.807) is 0 Å². The van der Waals surface area contributed by atoms with Crippen molar-refractivity contribution in [1.82, 2.24) is 0 Å². The number of rotatable bonds is 3. The van der Waals surface area contributed by atoms with Gasteiger partial charge in [-0.1, -0.05) is 90.0 Å². The molecule has 0 nitrogen and oxygen atoms in total. The van der Waals surface area contributed by atoms with E-state index in [4.69, 9.17) is 11.1 Å². The molecule has 3 aromatic rings. The Morgan fingerprint density at radius 1 is 0.591 bits per heavy atom. The van der Waals surface area contributed by atoms with Gasteiger partial charge in [-0.2, -0.15) is 0 Å². The van der Waals surface area contributed by atoms with Crippen molar-refractivity contribution in [3.8, 4) is 0 Å². The fourth-order valence-electron chi connectivity index (χ4n) is 3.01. The van der Waals surface area contributed by atoms with Gasteiger partial charge in [0.1, 0.15) is 0 Å². The molecule has 3 aromatic carbocycles. The number of aryl methyl sites for hydroxylation is 2. The minimum Gasteiger partial charge on any atom is -0.149 e. The van der Waals surface area contributed by atoms with Crippen molar-refractivity contribution in [1.29, 1.82) is 0 Å². The van der Waals surface area contributed by atoms with Crippen LogP contribution in [0.15, 0.2) is 78.9 Å². The standard InChI is InChI=1S/C20H19ClSi/c1-16-13-17(2)15-20(14-16)22(21,18-9-5-3-6-10-18)19-11-7-4-8-12-19/h3-15H,1-2H3. The largest absolute Gasteiger partial charge is 0.247 e. The molecule has 0 aliphatic carbocycles. The molecule has 3 rings (SSSR count). The Morgan fingerprint density at radius 3 is 1.41 bits per heavy atom. The summed E-state index contributed by atoms with van der Waals surface area (Å²) in [4.78, 5) is 0. The highest BCUT2D eigenvalue weighted by Crippen LogP contribution is 2.14. The minimum absolute atomic E-state index is 1.23. The normalized spacial score (nSPS) is 11.4. The van der Waals surface area contributed by atoms with E-state index in [-0.39, 0.29) is 0 Å². The van der Waals surface area contributed by atoms with E-state index in [0.717, 1.165) is 0 Å². The summed E-state index contributed by atoms with van der Waals surface area (Å²) in [5, 5.41) is 3.71. The zero-order valence-corrected chi connectivity index (χ0v) is 14.6. The van der Waals surface area contributed by atoms with Crippen LogP contribution < -0.4 is 15.6 Å². The molecule has 2 heteroatoms. The van der Waals surface area contributed by atoms with Gasteiger partial charge < -0.3 is 0 Å². The summed E-state index contributed by atoms with van der Waals surface area (Å²) in [6.45, 7) is 4.27. The molecule has 0 amide bonds. The van der Waals surface area contributed by atoms with Gasteiger partial charge in [0, 0.05) is 0 Å². The van der Waals surface area contributed by atoms with Crippen molar-refractivity contribution >= 4 is 34.0 Å². The maximum Gasteiger partial charge on any atom is 0.247 e. The fraction of sp³-hybridized carbons (Fsp3) is 0.100. The molecule has 0 aliphatic heterocycles. The summed E-state index contributed by atoms with van der Waals surface area (Å²) in [5.41, 5.74) is 2.53. The molecule has 0 aliphatic rings. The van der Waals surface area contributed by atoms with Crippen LogP contribution >= 0.6 is 11.1 Å². The van der Waals surface area contributed by atoms with Gasteiger partial charge in [-0.05, 0) is 29.4 Å². The lowest BCUT2D eigenvalue weighted by molar-refractivity contribution is 1.40. The van der Waals surface area contributed by atoms with Crippen LogP contribution in [-0.2, 0) is 0 Å².